The molecule has 0 bridgehead atoms. The first kappa shape index (κ1) is 13.9. The number of hydrogen-bond donors (Lipinski definition) is 1. The van der Waals surface area contributed by atoms with E-state index in [0.29, 0.717) is 0 Å². The lowest BCUT2D eigenvalue weighted by Crippen LogP contribution is -2.13. The molecule has 21 heavy (non-hydrogen) atoms. The first-order chi connectivity index (χ1) is 10.2. The molecule has 0 spiro atoms. The number of aromatic nitrogens is 2. The Morgan fingerprint density at radius 3 is 2.76 bits per heavy atom. The standard InChI is InChI=1S/C17H17N3S/c1-12-10-19-8-7-15(12)17-20-14(11-21-17)9-16(18)13-5-3-2-4-6-13/h2-8,10-11,16H,9,18H2,1H3. The summed E-state index contributed by atoms with van der Waals surface area (Å²) in [5.41, 5.74) is 10.7. The maximum absolute atomic E-state index is 6.26. The number of benzene rings is 1. The molecular formula is C17H17N3S. The number of nitrogens with two attached hydrogens (primary N) is 1. The van der Waals surface area contributed by atoms with Crippen LogP contribution in [0.3, 0.4) is 0 Å². The Bertz CT molecular complexity index is 722. The van der Waals surface area contributed by atoms with Crippen LogP contribution in [0.15, 0.2) is 54.2 Å². The van der Waals surface area contributed by atoms with Crippen molar-refractivity contribution in [1.29, 1.82) is 0 Å². The molecule has 3 rings (SSSR count). The van der Waals surface area contributed by atoms with Crippen LogP contribution in [0.4, 0.5) is 0 Å². The lowest BCUT2D eigenvalue weighted by molar-refractivity contribution is 0.710. The van der Waals surface area contributed by atoms with Gasteiger partial charge in [0.15, 0.2) is 0 Å². The van der Waals surface area contributed by atoms with Crippen molar-refractivity contribution in [3.8, 4) is 10.6 Å². The second-order valence-corrected chi connectivity index (χ2v) is 5.91. The lowest BCUT2D eigenvalue weighted by Gasteiger charge is -2.09. The van der Waals surface area contributed by atoms with E-state index in [9.17, 15) is 0 Å². The third kappa shape index (κ3) is 3.17. The number of rotatable bonds is 4. The van der Waals surface area contributed by atoms with Crippen molar-refractivity contribution in [3.05, 3.63) is 71.0 Å². The van der Waals surface area contributed by atoms with Gasteiger partial charge in [0.05, 0.1) is 5.69 Å². The van der Waals surface area contributed by atoms with Crippen molar-refractivity contribution in [2.24, 2.45) is 5.73 Å². The number of nitrogens with zero attached hydrogens (tertiary/aromatic N) is 2. The topological polar surface area (TPSA) is 51.8 Å². The van der Waals surface area contributed by atoms with Gasteiger partial charge in [-0.25, -0.2) is 4.98 Å². The van der Waals surface area contributed by atoms with Crippen molar-refractivity contribution >= 4 is 11.3 Å². The van der Waals surface area contributed by atoms with Crippen LogP contribution in [0.1, 0.15) is 22.9 Å². The monoisotopic (exact) mass is 295 g/mol. The molecule has 1 aromatic carbocycles. The zero-order chi connectivity index (χ0) is 14.7. The van der Waals surface area contributed by atoms with Crippen molar-refractivity contribution in [3.63, 3.8) is 0 Å². The molecule has 4 heteroatoms. The molecule has 1 unspecified atom stereocenters. The first-order valence-corrected chi connectivity index (χ1v) is 7.78. The summed E-state index contributed by atoms with van der Waals surface area (Å²) in [5, 5.41) is 3.13. The van der Waals surface area contributed by atoms with Gasteiger partial charge in [-0.15, -0.1) is 11.3 Å². The van der Waals surface area contributed by atoms with Crippen LogP contribution in [0, 0.1) is 6.92 Å². The van der Waals surface area contributed by atoms with Crippen LogP contribution in [0.2, 0.25) is 0 Å². The summed E-state index contributed by atoms with van der Waals surface area (Å²) in [7, 11) is 0. The zero-order valence-corrected chi connectivity index (χ0v) is 12.7. The number of thiazole rings is 1. The maximum atomic E-state index is 6.26. The van der Waals surface area contributed by atoms with Crippen molar-refractivity contribution < 1.29 is 0 Å². The molecule has 0 saturated heterocycles. The Labute approximate surface area is 128 Å². The third-order valence-corrected chi connectivity index (χ3v) is 4.38. The van der Waals surface area contributed by atoms with Crippen molar-refractivity contribution in [2.75, 3.05) is 0 Å². The van der Waals surface area contributed by atoms with E-state index >= 15 is 0 Å². The highest BCUT2D eigenvalue weighted by molar-refractivity contribution is 7.13. The van der Waals surface area contributed by atoms with E-state index in [1.807, 2.05) is 30.5 Å². The van der Waals surface area contributed by atoms with Gasteiger partial charge in [0.25, 0.3) is 0 Å². The van der Waals surface area contributed by atoms with E-state index in [2.05, 4.69) is 29.4 Å². The number of hydrogen-bond acceptors (Lipinski definition) is 4. The van der Waals surface area contributed by atoms with E-state index in [1.165, 1.54) is 0 Å². The molecule has 0 aliphatic rings. The number of aryl methyl sites for hydroxylation is 1. The Morgan fingerprint density at radius 1 is 1.19 bits per heavy atom. The lowest BCUT2D eigenvalue weighted by atomic mass is 10.0. The molecule has 0 radical (unpaired) electrons. The summed E-state index contributed by atoms with van der Waals surface area (Å²) in [6.07, 6.45) is 4.43. The minimum atomic E-state index is -0.0142. The quantitative estimate of drug-likeness (QED) is 0.797. The summed E-state index contributed by atoms with van der Waals surface area (Å²) in [5.74, 6) is 0. The second kappa shape index (κ2) is 6.16. The van der Waals surface area contributed by atoms with Gasteiger partial charge in [-0.2, -0.15) is 0 Å². The van der Waals surface area contributed by atoms with Gasteiger partial charge in [0.2, 0.25) is 0 Å². The Morgan fingerprint density at radius 2 is 2.00 bits per heavy atom. The van der Waals surface area contributed by atoms with Crippen molar-refractivity contribution in [1.82, 2.24) is 9.97 Å². The predicted molar refractivity (Wildman–Crippen MR) is 87.2 cm³/mol. The highest BCUT2D eigenvalue weighted by Crippen LogP contribution is 2.27. The molecule has 0 aliphatic carbocycles. The molecule has 2 N–H and O–H groups in total. The smallest absolute Gasteiger partial charge is 0.123 e. The van der Waals surface area contributed by atoms with Crippen LogP contribution in [0.25, 0.3) is 10.6 Å². The molecule has 1 atom stereocenters. The van der Waals surface area contributed by atoms with Crippen LogP contribution in [-0.2, 0) is 6.42 Å². The van der Waals surface area contributed by atoms with Crippen LogP contribution in [0.5, 0.6) is 0 Å². The molecule has 0 amide bonds. The van der Waals surface area contributed by atoms with E-state index < -0.39 is 0 Å². The van der Waals surface area contributed by atoms with Gasteiger partial charge in [0, 0.05) is 35.8 Å². The van der Waals surface area contributed by atoms with Gasteiger partial charge in [-0.3, -0.25) is 4.98 Å². The normalized spacial score (nSPS) is 12.3. The summed E-state index contributed by atoms with van der Waals surface area (Å²) in [6.45, 7) is 2.05. The van der Waals surface area contributed by atoms with Crippen LogP contribution in [-0.4, -0.2) is 9.97 Å². The zero-order valence-electron chi connectivity index (χ0n) is 11.9. The molecule has 2 aromatic heterocycles. The van der Waals surface area contributed by atoms with Crippen molar-refractivity contribution in [2.45, 2.75) is 19.4 Å². The molecular weight excluding hydrogens is 278 g/mol. The largest absolute Gasteiger partial charge is 0.324 e. The molecule has 3 nitrogen and oxygen atoms in total. The summed E-state index contributed by atoms with van der Waals surface area (Å²) in [4.78, 5) is 8.84. The molecule has 0 saturated carbocycles. The van der Waals surface area contributed by atoms with Gasteiger partial charge in [-0.1, -0.05) is 30.3 Å². The molecule has 0 aliphatic heterocycles. The Hall–Kier alpha value is -2.04. The number of pyridine rings is 1. The third-order valence-electron chi connectivity index (χ3n) is 3.46. The predicted octanol–water partition coefficient (Wildman–Crippen LogP) is 3.76. The fourth-order valence-electron chi connectivity index (χ4n) is 2.28. The summed E-state index contributed by atoms with van der Waals surface area (Å²) < 4.78 is 0. The average Bonchev–Trinajstić information content (AvgIpc) is 2.97. The fraction of sp³-hybridized carbons (Fsp3) is 0.176. The molecule has 3 aromatic rings. The van der Waals surface area contributed by atoms with E-state index in [4.69, 9.17) is 10.7 Å². The van der Waals surface area contributed by atoms with Gasteiger partial charge in [-0.05, 0) is 24.1 Å². The highest BCUT2D eigenvalue weighted by Gasteiger charge is 2.11. The van der Waals surface area contributed by atoms with Crippen LogP contribution < -0.4 is 5.73 Å². The molecule has 0 fully saturated rings. The second-order valence-electron chi connectivity index (χ2n) is 5.06. The first-order valence-electron chi connectivity index (χ1n) is 6.90. The van der Waals surface area contributed by atoms with E-state index in [0.717, 1.165) is 33.8 Å². The minimum absolute atomic E-state index is 0.0142. The average molecular weight is 295 g/mol. The maximum Gasteiger partial charge on any atom is 0.123 e. The van der Waals surface area contributed by atoms with Gasteiger partial charge in [0.1, 0.15) is 5.01 Å². The highest BCUT2D eigenvalue weighted by atomic mass is 32.1. The minimum Gasteiger partial charge on any atom is -0.324 e. The SMILES string of the molecule is Cc1cnccc1-c1nc(CC(N)c2ccccc2)cs1. The summed E-state index contributed by atoms with van der Waals surface area (Å²) in [6, 6.07) is 12.2. The Balaban J connectivity index is 1.78. The van der Waals surface area contributed by atoms with E-state index in [-0.39, 0.29) is 6.04 Å². The Kier molecular flexibility index (Phi) is 4.08. The fourth-order valence-corrected chi connectivity index (χ4v) is 3.20. The van der Waals surface area contributed by atoms with E-state index in [1.54, 1.807) is 17.5 Å². The summed E-state index contributed by atoms with van der Waals surface area (Å²) >= 11 is 1.66. The van der Waals surface area contributed by atoms with Gasteiger partial charge < -0.3 is 5.73 Å². The van der Waals surface area contributed by atoms with Crippen LogP contribution >= 0.6 is 11.3 Å². The van der Waals surface area contributed by atoms with Gasteiger partial charge >= 0.3 is 0 Å². The molecule has 2 heterocycles. The molecule has 106 valence electrons.